The smallest absolute Gasteiger partial charge is 0.186 e. The van der Waals surface area contributed by atoms with Crippen LogP contribution in [0.3, 0.4) is 0 Å². The Morgan fingerprint density at radius 1 is 1.00 bits per heavy atom. The third kappa shape index (κ3) is 4.84. The third-order valence-electron chi connectivity index (χ3n) is 6.19. The van der Waals surface area contributed by atoms with E-state index in [9.17, 15) is 21.2 Å². The molecule has 0 spiro atoms. The van der Waals surface area contributed by atoms with Crippen molar-refractivity contribution in [2.24, 2.45) is 0 Å². The van der Waals surface area contributed by atoms with Crippen LogP contribution in [0.15, 0.2) is 53.4 Å². The van der Waals surface area contributed by atoms with Crippen molar-refractivity contribution >= 4 is 19.7 Å². The molecule has 6 nitrogen and oxygen atoms in total. The maximum Gasteiger partial charge on any atom is 0.186 e. The average molecular weight is 467 g/mol. The van der Waals surface area contributed by atoms with Gasteiger partial charge in [0.15, 0.2) is 19.7 Å². The molecule has 2 aromatic rings. The van der Waals surface area contributed by atoms with Crippen molar-refractivity contribution in [3.05, 3.63) is 65.5 Å². The second kappa shape index (κ2) is 8.61. The van der Waals surface area contributed by atoms with E-state index < -0.39 is 47.4 Å². The second-order valence-electron chi connectivity index (χ2n) is 8.46. The number of rotatable bonds is 5. The third-order valence-corrected chi connectivity index (χ3v) is 10.3. The zero-order valence-electron chi connectivity index (χ0n) is 17.4. The summed E-state index contributed by atoms with van der Waals surface area (Å²) in [6.45, 7) is 5.08. The molecule has 0 aliphatic carbocycles. The van der Waals surface area contributed by atoms with Crippen molar-refractivity contribution in [3.8, 4) is 0 Å². The number of nitrogens with zero attached hydrogens (tertiary/aromatic N) is 2. The van der Waals surface area contributed by atoms with Gasteiger partial charge in [0.25, 0.3) is 0 Å². The van der Waals surface area contributed by atoms with Crippen LogP contribution in [-0.2, 0) is 26.2 Å². The monoisotopic (exact) mass is 466 g/mol. The van der Waals surface area contributed by atoms with Gasteiger partial charge in [0.05, 0.1) is 16.8 Å². The Hall–Kier alpha value is -1.81. The van der Waals surface area contributed by atoms with E-state index >= 15 is 0 Å². The number of sulfone groups is 2. The van der Waals surface area contributed by atoms with E-state index in [1.54, 1.807) is 6.92 Å². The molecule has 0 amide bonds. The summed E-state index contributed by atoms with van der Waals surface area (Å²) in [6, 6.07) is 13.4. The quantitative estimate of drug-likeness (QED) is 0.670. The fourth-order valence-corrected chi connectivity index (χ4v) is 9.50. The molecular weight excluding hydrogens is 439 g/mol. The van der Waals surface area contributed by atoms with Crippen LogP contribution in [0.2, 0.25) is 0 Å². The predicted octanol–water partition coefficient (Wildman–Crippen LogP) is 1.89. The Labute approximate surface area is 183 Å². The molecule has 2 aliphatic rings. The fraction of sp³-hybridized carbons (Fsp3) is 0.455. The minimum atomic E-state index is -4.13. The number of benzene rings is 2. The van der Waals surface area contributed by atoms with Crippen LogP contribution in [0.4, 0.5) is 4.39 Å². The van der Waals surface area contributed by atoms with E-state index in [1.165, 1.54) is 17.7 Å². The SMILES string of the molecule is Cc1ccc(F)c(S(=O)(=O)[C@H]2CS(=O)(=O)C[C@@H]2N2CCN(Cc3ccccc3)CC2)c1. The summed E-state index contributed by atoms with van der Waals surface area (Å²) >= 11 is 0. The largest absolute Gasteiger partial charge is 0.297 e. The number of aryl methyl sites for hydroxylation is 1. The summed E-state index contributed by atoms with van der Waals surface area (Å²) in [6.07, 6.45) is 0. The molecule has 2 fully saturated rings. The maximum absolute atomic E-state index is 14.4. The molecular formula is C22H27FN2O4S2. The lowest BCUT2D eigenvalue weighted by molar-refractivity contribution is 0.101. The molecule has 2 heterocycles. The van der Waals surface area contributed by atoms with Crippen LogP contribution in [0.1, 0.15) is 11.1 Å². The molecule has 2 saturated heterocycles. The summed E-state index contributed by atoms with van der Waals surface area (Å²) in [5, 5.41) is -1.16. The van der Waals surface area contributed by atoms with E-state index in [4.69, 9.17) is 0 Å². The Morgan fingerprint density at radius 2 is 1.68 bits per heavy atom. The minimum Gasteiger partial charge on any atom is -0.297 e. The zero-order chi connectivity index (χ0) is 22.2. The van der Waals surface area contributed by atoms with Gasteiger partial charge in [-0.05, 0) is 30.2 Å². The van der Waals surface area contributed by atoms with Crippen LogP contribution < -0.4 is 0 Å². The van der Waals surface area contributed by atoms with Crippen LogP contribution >= 0.6 is 0 Å². The van der Waals surface area contributed by atoms with Gasteiger partial charge in [0.1, 0.15) is 10.7 Å². The fourth-order valence-electron chi connectivity index (χ4n) is 4.52. The minimum absolute atomic E-state index is 0.205. The van der Waals surface area contributed by atoms with Gasteiger partial charge in [0, 0.05) is 38.8 Å². The first kappa shape index (κ1) is 22.4. The molecule has 0 aromatic heterocycles. The van der Waals surface area contributed by atoms with Crippen molar-refractivity contribution in [2.75, 3.05) is 37.7 Å². The van der Waals surface area contributed by atoms with Crippen LogP contribution in [0.5, 0.6) is 0 Å². The van der Waals surface area contributed by atoms with Gasteiger partial charge in [-0.15, -0.1) is 0 Å². The molecule has 31 heavy (non-hydrogen) atoms. The lowest BCUT2D eigenvalue weighted by atomic mass is 10.1. The summed E-state index contributed by atoms with van der Waals surface area (Å²) in [5.74, 6) is -1.50. The molecule has 2 aromatic carbocycles. The normalized spacial score (nSPS) is 25.0. The number of hydrogen-bond acceptors (Lipinski definition) is 6. The van der Waals surface area contributed by atoms with E-state index in [2.05, 4.69) is 17.0 Å². The lowest BCUT2D eigenvalue weighted by Crippen LogP contribution is -2.54. The number of halogens is 1. The topological polar surface area (TPSA) is 74.8 Å². The average Bonchev–Trinajstić information content (AvgIpc) is 3.07. The van der Waals surface area contributed by atoms with Gasteiger partial charge in [-0.25, -0.2) is 21.2 Å². The van der Waals surface area contributed by atoms with E-state index in [1.807, 2.05) is 23.1 Å². The van der Waals surface area contributed by atoms with E-state index in [0.717, 1.165) is 25.7 Å². The van der Waals surface area contributed by atoms with Crippen molar-refractivity contribution in [1.82, 2.24) is 9.80 Å². The highest BCUT2D eigenvalue weighted by atomic mass is 32.2. The maximum atomic E-state index is 14.4. The van der Waals surface area contributed by atoms with Crippen LogP contribution in [0, 0.1) is 12.7 Å². The van der Waals surface area contributed by atoms with Gasteiger partial charge in [0.2, 0.25) is 0 Å². The molecule has 4 rings (SSSR count). The summed E-state index contributed by atoms with van der Waals surface area (Å²) in [5.41, 5.74) is 1.82. The summed E-state index contributed by atoms with van der Waals surface area (Å²) in [7, 11) is -7.66. The predicted molar refractivity (Wildman–Crippen MR) is 118 cm³/mol. The summed E-state index contributed by atoms with van der Waals surface area (Å²) < 4.78 is 65.9. The van der Waals surface area contributed by atoms with Crippen molar-refractivity contribution < 1.29 is 21.2 Å². The standard InChI is InChI=1S/C22H27FN2O4S2/c1-17-7-8-19(23)21(13-17)31(28,29)22-16-30(26,27)15-20(22)25-11-9-24(10-12-25)14-18-5-3-2-4-6-18/h2-8,13,20,22H,9-12,14-16H2,1H3/t20-,22-/m0/s1. The lowest BCUT2D eigenvalue weighted by Gasteiger charge is -2.39. The van der Waals surface area contributed by atoms with Crippen LogP contribution in [-0.4, -0.2) is 75.6 Å². The highest BCUT2D eigenvalue weighted by Gasteiger charge is 2.49. The van der Waals surface area contributed by atoms with Crippen molar-refractivity contribution in [1.29, 1.82) is 0 Å². The highest BCUT2D eigenvalue weighted by molar-refractivity contribution is 7.96. The Bertz CT molecular complexity index is 1150. The van der Waals surface area contributed by atoms with Gasteiger partial charge >= 0.3 is 0 Å². The molecule has 0 unspecified atom stereocenters. The Morgan fingerprint density at radius 3 is 2.35 bits per heavy atom. The number of hydrogen-bond donors (Lipinski definition) is 0. The first-order chi connectivity index (χ1) is 14.7. The molecule has 0 N–H and O–H groups in total. The molecule has 0 bridgehead atoms. The molecule has 0 saturated carbocycles. The van der Waals surface area contributed by atoms with Crippen LogP contribution in [0.25, 0.3) is 0 Å². The molecule has 2 aliphatic heterocycles. The van der Waals surface area contributed by atoms with E-state index in [-0.39, 0.29) is 5.75 Å². The van der Waals surface area contributed by atoms with Gasteiger partial charge < -0.3 is 0 Å². The van der Waals surface area contributed by atoms with Gasteiger partial charge in [-0.3, -0.25) is 9.80 Å². The molecule has 2 atom stereocenters. The van der Waals surface area contributed by atoms with E-state index in [0.29, 0.717) is 18.7 Å². The zero-order valence-corrected chi connectivity index (χ0v) is 19.1. The molecule has 0 radical (unpaired) electrons. The Kier molecular flexibility index (Phi) is 6.22. The molecule has 9 heteroatoms. The summed E-state index contributed by atoms with van der Waals surface area (Å²) in [4.78, 5) is 3.84. The van der Waals surface area contributed by atoms with Gasteiger partial charge in [-0.2, -0.15) is 0 Å². The second-order valence-corrected chi connectivity index (χ2v) is 12.7. The van der Waals surface area contributed by atoms with Gasteiger partial charge in [-0.1, -0.05) is 36.4 Å². The van der Waals surface area contributed by atoms with Crippen molar-refractivity contribution in [3.63, 3.8) is 0 Å². The van der Waals surface area contributed by atoms with Crippen molar-refractivity contribution in [2.45, 2.75) is 29.7 Å². The molecule has 168 valence electrons. The Balaban J connectivity index is 1.53. The highest BCUT2D eigenvalue weighted by Crippen LogP contribution is 2.31. The first-order valence-corrected chi connectivity index (χ1v) is 13.7. The number of piperazine rings is 1. The first-order valence-electron chi connectivity index (χ1n) is 10.4.